The summed E-state index contributed by atoms with van der Waals surface area (Å²) in [5.74, 6) is 0.223. The normalized spacial score (nSPS) is 18.3. The van der Waals surface area contributed by atoms with Crippen LogP contribution in [0.4, 0.5) is 0 Å². The highest BCUT2D eigenvalue weighted by Crippen LogP contribution is 2.20. The predicted octanol–water partition coefficient (Wildman–Crippen LogP) is 0.754. The Morgan fingerprint density at radius 1 is 1.62 bits per heavy atom. The van der Waals surface area contributed by atoms with Crippen molar-refractivity contribution in [3.8, 4) is 0 Å². The van der Waals surface area contributed by atoms with Crippen molar-refractivity contribution in [3.05, 3.63) is 0 Å². The lowest BCUT2D eigenvalue weighted by Crippen LogP contribution is -2.38. The van der Waals surface area contributed by atoms with Crippen LogP contribution in [0.1, 0.15) is 20.3 Å². The monoisotopic (exact) mass is 186 g/mol. The molecule has 0 saturated carbocycles. The number of nitrogens with two attached hydrogens (primary N) is 1. The lowest BCUT2D eigenvalue weighted by molar-refractivity contribution is -0.131. The molecule has 0 atom stereocenters. The molecule has 0 spiro atoms. The van der Waals surface area contributed by atoms with E-state index in [1.54, 1.807) is 0 Å². The molecule has 13 heavy (non-hydrogen) atoms. The lowest BCUT2D eigenvalue weighted by atomic mass is 9.88. The summed E-state index contributed by atoms with van der Waals surface area (Å²) in [7, 11) is 0. The molecule has 1 rings (SSSR count). The predicted molar refractivity (Wildman–Crippen MR) is 50.9 cm³/mol. The zero-order valence-corrected chi connectivity index (χ0v) is 8.30. The summed E-state index contributed by atoms with van der Waals surface area (Å²) in [6, 6.07) is 0. The van der Waals surface area contributed by atoms with Gasteiger partial charge < -0.3 is 15.2 Å². The van der Waals surface area contributed by atoms with Crippen molar-refractivity contribution < 1.29 is 9.47 Å². The van der Waals surface area contributed by atoms with E-state index in [1.807, 2.05) is 13.8 Å². The molecule has 4 nitrogen and oxygen atoms in total. The van der Waals surface area contributed by atoms with Gasteiger partial charge in [0.25, 0.3) is 0 Å². The number of ether oxygens (including phenoxy) is 2. The summed E-state index contributed by atoms with van der Waals surface area (Å²) in [6.07, 6.45) is 1.06. The van der Waals surface area contributed by atoms with E-state index < -0.39 is 0 Å². The third-order valence-electron chi connectivity index (χ3n) is 2.42. The molecule has 1 fully saturated rings. The largest absolute Gasteiger partial charge is 0.387 e. The smallest absolute Gasteiger partial charge is 0.104 e. The Bertz CT molecular complexity index is 188. The molecule has 0 aromatic heterocycles. The molecule has 0 unspecified atom stereocenters. The Morgan fingerprint density at radius 2 is 2.23 bits per heavy atom. The van der Waals surface area contributed by atoms with Crippen LogP contribution in [0.15, 0.2) is 0 Å². The molecule has 0 aliphatic carbocycles. The van der Waals surface area contributed by atoms with E-state index in [9.17, 15) is 0 Å². The molecule has 1 aliphatic heterocycles. The van der Waals surface area contributed by atoms with Gasteiger partial charge in [-0.05, 0) is 6.42 Å². The molecule has 1 heterocycles. The summed E-state index contributed by atoms with van der Waals surface area (Å²) in [4.78, 5) is 0. The number of hydrogen-bond donors (Lipinski definition) is 2. The molecule has 0 aromatic rings. The average molecular weight is 186 g/mol. The van der Waals surface area contributed by atoms with Gasteiger partial charge in [-0.25, -0.2) is 0 Å². The van der Waals surface area contributed by atoms with Gasteiger partial charge in [-0.3, -0.25) is 5.41 Å². The van der Waals surface area contributed by atoms with Crippen LogP contribution in [0.3, 0.4) is 0 Å². The first-order chi connectivity index (χ1) is 6.02. The third-order valence-corrected chi connectivity index (χ3v) is 2.42. The molecule has 0 radical (unpaired) electrons. The Balaban J connectivity index is 2.13. The van der Waals surface area contributed by atoms with Crippen molar-refractivity contribution in [1.82, 2.24) is 0 Å². The molecule has 3 N–H and O–H groups in total. The Kier molecular flexibility index (Phi) is 3.27. The Hall–Kier alpha value is -0.610. The van der Waals surface area contributed by atoms with Crippen LogP contribution < -0.4 is 5.73 Å². The Morgan fingerprint density at radius 3 is 2.62 bits per heavy atom. The third kappa shape index (κ3) is 2.97. The first-order valence-electron chi connectivity index (χ1n) is 4.56. The van der Waals surface area contributed by atoms with Crippen LogP contribution in [-0.4, -0.2) is 31.8 Å². The molecular weight excluding hydrogens is 168 g/mol. The van der Waals surface area contributed by atoms with Crippen molar-refractivity contribution in [2.75, 3.05) is 19.8 Å². The van der Waals surface area contributed by atoms with Gasteiger partial charge in [0.2, 0.25) is 0 Å². The SMILES string of the molecule is CC(C)(CCOC1COC1)C(=N)N. The quantitative estimate of drug-likeness (QED) is 0.492. The molecule has 0 bridgehead atoms. The average Bonchev–Trinajstić information content (AvgIpc) is 1.94. The molecule has 1 saturated heterocycles. The maximum absolute atomic E-state index is 7.34. The van der Waals surface area contributed by atoms with Gasteiger partial charge >= 0.3 is 0 Å². The van der Waals surface area contributed by atoms with Crippen LogP contribution in [0, 0.1) is 10.8 Å². The molecule has 0 aromatic carbocycles. The highest BCUT2D eigenvalue weighted by molar-refractivity contribution is 5.82. The van der Waals surface area contributed by atoms with Gasteiger partial charge in [0.1, 0.15) is 6.10 Å². The van der Waals surface area contributed by atoms with E-state index in [4.69, 9.17) is 20.6 Å². The fourth-order valence-electron chi connectivity index (χ4n) is 0.926. The summed E-state index contributed by atoms with van der Waals surface area (Å²) >= 11 is 0. The molecular formula is C9H18N2O2. The minimum absolute atomic E-state index is 0.223. The van der Waals surface area contributed by atoms with Gasteiger partial charge in [-0.2, -0.15) is 0 Å². The van der Waals surface area contributed by atoms with E-state index in [0.717, 1.165) is 6.42 Å². The van der Waals surface area contributed by atoms with Crippen molar-refractivity contribution in [3.63, 3.8) is 0 Å². The second-order valence-corrected chi connectivity index (χ2v) is 4.08. The van der Waals surface area contributed by atoms with E-state index in [-0.39, 0.29) is 17.4 Å². The van der Waals surface area contributed by atoms with Crippen LogP contribution in [0.5, 0.6) is 0 Å². The van der Waals surface area contributed by atoms with E-state index in [2.05, 4.69) is 0 Å². The summed E-state index contributed by atoms with van der Waals surface area (Å²) in [5.41, 5.74) is 5.19. The minimum atomic E-state index is -0.245. The maximum Gasteiger partial charge on any atom is 0.104 e. The van der Waals surface area contributed by atoms with Gasteiger partial charge in [-0.15, -0.1) is 0 Å². The van der Waals surface area contributed by atoms with Crippen molar-refractivity contribution in [1.29, 1.82) is 5.41 Å². The number of hydrogen-bond acceptors (Lipinski definition) is 3. The second-order valence-electron chi connectivity index (χ2n) is 4.08. The van der Waals surface area contributed by atoms with Gasteiger partial charge in [-0.1, -0.05) is 13.8 Å². The standard InChI is InChI=1S/C9H18N2O2/c1-9(2,8(10)11)3-4-13-7-5-12-6-7/h7H,3-6H2,1-2H3,(H3,10,11). The number of rotatable bonds is 5. The van der Waals surface area contributed by atoms with Gasteiger partial charge in [0.15, 0.2) is 0 Å². The zero-order chi connectivity index (χ0) is 9.90. The topological polar surface area (TPSA) is 68.3 Å². The lowest BCUT2D eigenvalue weighted by Gasteiger charge is -2.28. The summed E-state index contributed by atoms with van der Waals surface area (Å²) in [5, 5.41) is 7.34. The summed E-state index contributed by atoms with van der Waals surface area (Å²) < 4.78 is 10.5. The van der Waals surface area contributed by atoms with Gasteiger partial charge in [0, 0.05) is 12.0 Å². The second kappa shape index (κ2) is 4.07. The van der Waals surface area contributed by atoms with Gasteiger partial charge in [0.05, 0.1) is 19.0 Å². The summed E-state index contributed by atoms with van der Waals surface area (Å²) in [6.45, 7) is 5.98. The fourth-order valence-corrected chi connectivity index (χ4v) is 0.926. The van der Waals surface area contributed by atoms with E-state index in [1.165, 1.54) is 0 Å². The molecule has 76 valence electrons. The van der Waals surface area contributed by atoms with Crippen LogP contribution in [-0.2, 0) is 9.47 Å². The fraction of sp³-hybridized carbons (Fsp3) is 0.889. The van der Waals surface area contributed by atoms with Crippen molar-refractivity contribution in [2.45, 2.75) is 26.4 Å². The van der Waals surface area contributed by atoms with Crippen LogP contribution in [0.25, 0.3) is 0 Å². The van der Waals surface area contributed by atoms with E-state index >= 15 is 0 Å². The Labute approximate surface area is 78.9 Å². The highest BCUT2D eigenvalue weighted by atomic mass is 16.6. The van der Waals surface area contributed by atoms with Crippen molar-refractivity contribution in [2.24, 2.45) is 11.1 Å². The first-order valence-corrected chi connectivity index (χ1v) is 4.56. The number of nitrogens with one attached hydrogen (secondary N) is 1. The zero-order valence-electron chi connectivity index (χ0n) is 8.30. The first kappa shape index (κ1) is 10.5. The number of amidine groups is 1. The van der Waals surface area contributed by atoms with Crippen LogP contribution >= 0.6 is 0 Å². The molecule has 0 amide bonds. The highest BCUT2D eigenvalue weighted by Gasteiger charge is 2.24. The molecule has 1 aliphatic rings. The van der Waals surface area contributed by atoms with Crippen molar-refractivity contribution >= 4 is 5.84 Å². The van der Waals surface area contributed by atoms with Crippen LogP contribution in [0.2, 0.25) is 0 Å². The minimum Gasteiger partial charge on any atom is -0.387 e. The molecule has 4 heteroatoms. The van der Waals surface area contributed by atoms with E-state index in [0.29, 0.717) is 19.8 Å². The maximum atomic E-state index is 7.34.